The van der Waals surface area contributed by atoms with E-state index in [1.54, 1.807) is 11.8 Å². The molecule has 6 heteroatoms. The first kappa shape index (κ1) is 15.5. The quantitative estimate of drug-likeness (QED) is 0.845. The topological polar surface area (TPSA) is 60.9 Å². The number of hydrogen-bond donors (Lipinski definition) is 1. The van der Waals surface area contributed by atoms with Gasteiger partial charge in [0.25, 0.3) is 0 Å². The Morgan fingerprint density at radius 3 is 2.65 bits per heavy atom. The lowest BCUT2D eigenvalue weighted by atomic mass is 9.89. The summed E-state index contributed by atoms with van der Waals surface area (Å²) in [6, 6.07) is 0.269. The van der Waals surface area contributed by atoms with E-state index in [1.165, 1.54) is 0 Å². The second-order valence-corrected chi connectivity index (χ2v) is 6.71. The molecule has 0 aromatic carbocycles. The van der Waals surface area contributed by atoms with Crippen molar-refractivity contribution in [3.8, 4) is 0 Å². The molecule has 0 radical (unpaired) electrons. The molecule has 2 bridgehead atoms. The molecule has 0 spiro atoms. The van der Waals surface area contributed by atoms with Crippen molar-refractivity contribution in [2.24, 2.45) is 5.92 Å². The minimum Gasteiger partial charge on any atom is -0.481 e. The first-order valence-electron chi connectivity index (χ1n) is 7.28. The van der Waals surface area contributed by atoms with E-state index in [2.05, 4.69) is 6.92 Å². The Hall–Kier alpha value is -0.910. The monoisotopic (exact) mass is 300 g/mol. The standard InChI is InChI=1S/C14H24N2O3S/c1-4-9(8-20-3)15(2)14(19)16-10-5-6-12(16)11(7-10)13(17)18/h9-12H,4-8H2,1-3H3,(H,17,18). The van der Waals surface area contributed by atoms with E-state index in [0.29, 0.717) is 6.42 Å². The van der Waals surface area contributed by atoms with Gasteiger partial charge < -0.3 is 14.9 Å². The highest BCUT2D eigenvalue weighted by atomic mass is 32.2. The first-order chi connectivity index (χ1) is 9.51. The molecule has 5 nitrogen and oxygen atoms in total. The van der Waals surface area contributed by atoms with Crippen LogP contribution in [0.25, 0.3) is 0 Å². The smallest absolute Gasteiger partial charge is 0.320 e. The van der Waals surface area contributed by atoms with Crippen molar-refractivity contribution in [2.45, 2.75) is 50.7 Å². The maximum Gasteiger partial charge on any atom is 0.320 e. The second-order valence-electron chi connectivity index (χ2n) is 5.80. The fourth-order valence-electron chi connectivity index (χ4n) is 3.59. The number of carbonyl (C=O) groups is 2. The van der Waals surface area contributed by atoms with Crippen molar-refractivity contribution >= 4 is 23.8 Å². The summed E-state index contributed by atoms with van der Waals surface area (Å²) in [5.41, 5.74) is 0. The summed E-state index contributed by atoms with van der Waals surface area (Å²) in [7, 11) is 1.85. The number of carboxylic acids is 1. The lowest BCUT2D eigenvalue weighted by molar-refractivity contribution is -0.142. The minimum absolute atomic E-state index is 0.0159. The van der Waals surface area contributed by atoms with E-state index in [1.807, 2.05) is 23.1 Å². The molecular weight excluding hydrogens is 276 g/mol. The van der Waals surface area contributed by atoms with E-state index >= 15 is 0 Å². The Bertz CT molecular complexity index is 391. The lowest BCUT2D eigenvalue weighted by Crippen LogP contribution is -2.49. The van der Waals surface area contributed by atoms with Crippen LogP contribution in [-0.2, 0) is 4.79 Å². The summed E-state index contributed by atoms with van der Waals surface area (Å²) >= 11 is 1.74. The van der Waals surface area contributed by atoms with E-state index in [4.69, 9.17) is 0 Å². The lowest BCUT2D eigenvalue weighted by Gasteiger charge is -2.33. The number of thioether (sulfide) groups is 1. The van der Waals surface area contributed by atoms with Crippen LogP contribution in [0.5, 0.6) is 0 Å². The molecule has 4 unspecified atom stereocenters. The Kier molecular flexibility index (Phi) is 4.83. The van der Waals surface area contributed by atoms with Gasteiger partial charge in [0.15, 0.2) is 0 Å². The molecule has 2 heterocycles. The molecule has 0 saturated carbocycles. The summed E-state index contributed by atoms with van der Waals surface area (Å²) in [6.07, 6.45) is 5.38. The molecule has 2 aliphatic rings. The normalized spacial score (nSPS) is 29.6. The molecule has 2 amide bonds. The second kappa shape index (κ2) is 6.24. The fourth-order valence-corrected chi connectivity index (χ4v) is 4.43. The Balaban J connectivity index is 2.08. The average Bonchev–Trinajstić information content (AvgIpc) is 3.00. The third-order valence-corrected chi connectivity index (χ3v) is 5.47. The molecule has 2 fully saturated rings. The van der Waals surface area contributed by atoms with Gasteiger partial charge in [-0.2, -0.15) is 11.8 Å². The summed E-state index contributed by atoms with van der Waals surface area (Å²) in [5.74, 6) is -0.204. The molecule has 0 aromatic rings. The molecule has 2 saturated heterocycles. The summed E-state index contributed by atoms with van der Waals surface area (Å²) in [5, 5.41) is 9.26. The van der Waals surface area contributed by atoms with Crippen LogP contribution in [0, 0.1) is 5.92 Å². The van der Waals surface area contributed by atoms with Crippen molar-refractivity contribution in [2.75, 3.05) is 19.1 Å². The number of carbonyl (C=O) groups excluding carboxylic acids is 1. The van der Waals surface area contributed by atoms with E-state index < -0.39 is 5.97 Å². The van der Waals surface area contributed by atoms with Crippen molar-refractivity contribution in [3.05, 3.63) is 0 Å². The molecule has 114 valence electrons. The van der Waals surface area contributed by atoms with Gasteiger partial charge in [-0.05, 0) is 31.9 Å². The SMILES string of the molecule is CCC(CSC)N(C)C(=O)N1C2CCC1C(C(=O)O)C2. The van der Waals surface area contributed by atoms with Crippen LogP contribution < -0.4 is 0 Å². The van der Waals surface area contributed by atoms with Gasteiger partial charge >= 0.3 is 12.0 Å². The maximum atomic E-state index is 12.7. The number of amides is 2. The highest BCUT2D eigenvalue weighted by molar-refractivity contribution is 7.98. The molecule has 0 aliphatic carbocycles. The average molecular weight is 300 g/mol. The van der Waals surface area contributed by atoms with Crippen LogP contribution in [-0.4, -0.2) is 64.1 Å². The van der Waals surface area contributed by atoms with Crippen molar-refractivity contribution in [3.63, 3.8) is 0 Å². The molecule has 0 aromatic heterocycles. The molecule has 1 N–H and O–H groups in total. The van der Waals surface area contributed by atoms with Gasteiger partial charge in [0.1, 0.15) is 0 Å². The Morgan fingerprint density at radius 1 is 1.45 bits per heavy atom. The Labute approximate surface area is 124 Å². The number of carboxylic acid groups (broad SMARTS) is 1. The molecule has 4 atom stereocenters. The van der Waals surface area contributed by atoms with Gasteiger partial charge in [0.05, 0.1) is 5.92 Å². The minimum atomic E-state index is -0.756. The highest BCUT2D eigenvalue weighted by Gasteiger charge is 2.52. The van der Waals surface area contributed by atoms with Gasteiger partial charge in [-0.3, -0.25) is 4.79 Å². The number of hydrogen-bond acceptors (Lipinski definition) is 3. The van der Waals surface area contributed by atoms with Crippen molar-refractivity contribution in [1.82, 2.24) is 9.80 Å². The van der Waals surface area contributed by atoms with Crippen LogP contribution in [0.3, 0.4) is 0 Å². The summed E-state index contributed by atoms with van der Waals surface area (Å²) in [6.45, 7) is 2.09. The molecule has 2 rings (SSSR count). The van der Waals surface area contributed by atoms with E-state index in [-0.39, 0.29) is 30.1 Å². The van der Waals surface area contributed by atoms with Crippen LogP contribution >= 0.6 is 11.8 Å². The largest absolute Gasteiger partial charge is 0.481 e. The number of rotatable bonds is 5. The van der Waals surface area contributed by atoms with Crippen LogP contribution in [0.4, 0.5) is 4.79 Å². The van der Waals surface area contributed by atoms with Gasteiger partial charge in [-0.1, -0.05) is 6.92 Å². The zero-order valence-electron chi connectivity index (χ0n) is 12.4. The van der Waals surface area contributed by atoms with Gasteiger partial charge in [-0.15, -0.1) is 0 Å². The predicted octanol–water partition coefficient (Wildman–Crippen LogP) is 2.12. The van der Waals surface area contributed by atoms with E-state index in [0.717, 1.165) is 25.0 Å². The summed E-state index contributed by atoms with van der Waals surface area (Å²) in [4.78, 5) is 27.6. The van der Waals surface area contributed by atoms with Crippen molar-refractivity contribution < 1.29 is 14.7 Å². The van der Waals surface area contributed by atoms with Gasteiger partial charge in [0, 0.05) is 30.9 Å². The maximum absolute atomic E-state index is 12.7. The number of urea groups is 1. The summed E-state index contributed by atoms with van der Waals surface area (Å²) < 4.78 is 0. The molecular formula is C14H24N2O3S. The number of aliphatic carboxylic acids is 1. The van der Waals surface area contributed by atoms with Crippen LogP contribution in [0.2, 0.25) is 0 Å². The number of fused-ring (bicyclic) bond motifs is 2. The van der Waals surface area contributed by atoms with E-state index in [9.17, 15) is 14.7 Å². The van der Waals surface area contributed by atoms with Crippen LogP contribution in [0.15, 0.2) is 0 Å². The van der Waals surface area contributed by atoms with Crippen molar-refractivity contribution in [1.29, 1.82) is 0 Å². The number of nitrogens with zero attached hydrogens (tertiary/aromatic N) is 2. The fraction of sp³-hybridized carbons (Fsp3) is 0.857. The molecule has 2 aliphatic heterocycles. The zero-order chi connectivity index (χ0) is 14.9. The molecule has 20 heavy (non-hydrogen) atoms. The van der Waals surface area contributed by atoms with Gasteiger partial charge in [0.2, 0.25) is 0 Å². The van der Waals surface area contributed by atoms with Gasteiger partial charge in [-0.25, -0.2) is 4.79 Å². The first-order valence-corrected chi connectivity index (χ1v) is 8.67. The third-order valence-electron chi connectivity index (χ3n) is 4.75. The Morgan fingerprint density at radius 2 is 2.15 bits per heavy atom. The predicted molar refractivity (Wildman–Crippen MR) is 80.0 cm³/mol. The zero-order valence-corrected chi connectivity index (χ0v) is 13.2. The highest BCUT2D eigenvalue weighted by Crippen LogP contribution is 2.42. The third kappa shape index (κ3) is 2.62. The van der Waals surface area contributed by atoms with Crippen LogP contribution in [0.1, 0.15) is 32.6 Å².